The number of halogens is 2. The van der Waals surface area contributed by atoms with Gasteiger partial charge in [0, 0.05) is 26.2 Å². The molecule has 4 nitrogen and oxygen atoms in total. The van der Waals surface area contributed by atoms with Gasteiger partial charge < -0.3 is 9.80 Å². The lowest BCUT2D eigenvalue weighted by atomic mass is 10.3. The number of aromatic nitrogens is 2. The Kier molecular flexibility index (Phi) is 4.13. The van der Waals surface area contributed by atoms with E-state index in [4.69, 9.17) is 22.3 Å². The van der Waals surface area contributed by atoms with Crippen molar-refractivity contribution in [2.24, 2.45) is 0 Å². The van der Waals surface area contributed by atoms with E-state index >= 15 is 0 Å². The lowest BCUT2D eigenvalue weighted by Crippen LogP contribution is -2.45. The van der Waals surface area contributed by atoms with Crippen LogP contribution >= 0.6 is 33.3 Å². The topological polar surface area (TPSA) is 32.3 Å². The SMILES string of the molecule is CN1CCN(c2ncnc(Cl)c2SCl)CC1. The Morgan fingerprint density at radius 2 is 1.94 bits per heavy atom. The first kappa shape index (κ1) is 12.2. The van der Waals surface area contributed by atoms with Crippen molar-refractivity contribution >= 4 is 39.1 Å². The Bertz CT molecular complexity index is 369. The molecule has 1 aliphatic rings. The van der Waals surface area contributed by atoms with Gasteiger partial charge in [-0.15, -0.1) is 0 Å². The van der Waals surface area contributed by atoms with Crippen molar-refractivity contribution in [2.45, 2.75) is 4.90 Å². The number of nitrogens with zero attached hydrogens (tertiary/aromatic N) is 4. The molecule has 1 fully saturated rings. The lowest BCUT2D eigenvalue weighted by Gasteiger charge is -2.33. The summed E-state index contributed by atoms with van der Waals surface area (Å²) in [5.74, 6) is 0.841. The smallest absolute Gasteiger partial charge is 0.149 e. The third-order valence-electron chi connectivity index (χ3n) is 2.62. The molecule has 0 aromatic carbocycles. The highest BCUT2D eigenvalue weighted by Gasteiger charge is 2.20. The van der Waals surface area contributed by atoms with Crippen LogP contribution in [-0.4, -0.2) is 48.1 Å². The van der Waals surface area contributed by atoms with Crippen LogP contribution in [0.1, 0.15) is 0 Å². The Morgan fingerprint density at radius 3 is 2.56 bits per heavy atom. The van der Waals surface area contributed by atoms with Crippen LogP contribution in [-0.2, 0) is 0 Å². The monoisotopic (exact) mass is 278 g/mol. The van der Waals surface area contributed by atoms with Crippen LogP contribution in [0.2, 0.25) is 5.15 Å². The molecule has 0 spiro atoms. The van der Waals surface area contributed by atoms with Gasteiger partial charge in [-0.2, -0.15) is 0 Å². The minimum absolute atomic E-state index is 0.420. The molecule has 2 heterocycles. The quantitative estimate of drug-likeness (QED) is 0.774. The van der Waals surface area contributed by atoms with Crippen LogP contribution in [0.4, 0.5) is 5.82 Å². The fourth-order valence-electron chi connectivity index (χ4n) is 1.65. The van der Waals surface area contributed by atoms with Crippen LogP contribution in [0.3, 0.4) is 0 Å². The average Bonchev–Trinajstić information content (AvgIpc) is 2.30. The summed E-state index contributed by atoms with van der Waals surface area (Å²) in [5.41, 5.74) is 0. The van der Waals surface area contributed by atoms with Crippen LogP contribution in [0.15, 0.2) is 11.2 Å². The standard InChI is InChI=1S/C9H12Cl2N4S/c1-14-2-4-15(5-3-14)9-7(16-11)8(10)12-6-13-9/h6H,2-5H2,1H3. The van der Waals surface area contributed by atoms with Gasteiger partial charge in [-0.05, 0) is 28.7 Å². The molecular weight excluding hydrogens is 267 g/mol. The van der Waals surface area contributed by atoms with Crippen molar-refractivity contribution in [3.8, 4) is 0 Å². The molecule has 7 heteroatoms. The predicted octanol–water partition coefficient (Wildman–Crippen LogP) is 2.13. The van der Waals surface area contributed by atoms with E-state index in [2.05, 4.69) is 26.8 Å². The van der Waals surface area contributed by atoms with E-state index in [1.54, 1.807) is 0 Å². The number of rotatable bonds is 2. The van der Waals surface area contributed by atoms with Crippen LogP contribution in [0, 0.1) is 0 Å². The molecule has 88 valence electrons. The maximum atomic E-state index is 5.98. The first-order chi connectivity index (χ1) is 7.72. The fourth-order valence-corrected chi connectivity index (χ4v) is 2.81. The van der Waals surface area contributed by atoms with Crippen LogP contribution < -0.4 is 4.90 Å². The van der Waals surface area contributed by atoms with Crippen molar-refractivity contribution in [3.63, 3.8) is 0 Å². The molecule has 0 saturated carbocycles. The number of hydrogen-bond donors (Lipinski definition) is 0. The molecule has 0 N–H and O–H groups in total. The van der Waals surface area contributed by atoms with Gasteiger partial charge in [-0.25, -0.2) is 9.97 Å². The van der Waals surface area contributed by atoms with Crippen LogP contribution in [0.5, 0.6) is 0 Å². The third kappa shape index (κ3) is 2.53. The second-order valence-electron chi connectivity index (χ2n) is 3.68. The summed E-state index contributed by atoms with van der Waals surface area (Å²) in [7, 11) is 8.99. The summed E-state index contributed by atoms with van der Waals surface area (Å²) in [6.07, 6.45) is 1.48. The zero-order valence-electron chi connectivity index (χ0n) is 8.86. The predicted molar refractivity (Wildman–Crippen MR) is 68.5 cm³/mol. The molecule has 0 aliphatic carbocycles. The molecule has 1 aromatic heterocycles. The highest BCUT2D eigenvalue weighted by Crippen LogP contribution is 2.35. The lowest BCUT2D eigenvalue weighted by molar-refractivity contribution is 0.311. The maximum absolute atomic E-state index is 5.98. The highest BCUT2D eigenvalue weighted by atomic mass is 35.7. The van der Waals surface area contributed by atoms with Gasteiger partial charge in [-0.1, -0.05) is 11.6 Å². The molecule has 1 aromatic rings. The van der Waals surface area contributed by atoms with E-state index in [1.807, 2.05) is 0 Å². The third-order valence-corrected chi connectivity index (χ3v) is 4.01. The zero-order valence-corrected chi connectivity index (χ0v) is 11.2. The largest absolute Gasteiger partial charge is 0.353 e. The van der Waals surface area contributed by atoms with Crippen LogP contribution in [0.25, 0.3) is 0 Å². The molecule has 0 radical (unpaired) electrons. The van der Waals surface area contributed by atoms with Gasteiger partial charge in [0.25, 0.3) is 0 Å². The minimum atomic E-state index is 0.420. The summed E-state index contributed by atoms with van der Waals surface area (Å²) in [6, 6.07) is 0. The normalized spacial score (nSPS) is 17.8. The number of hydrogen-bond acceptors (Lipinski definition) is 5. The number of piperazine rings is 1. The summed E-state index contributed by atoms with van der Waals surface area (Å²) >= 11 is 5.98. The Morgan fingerprint density at radius 1 is 1.25 bits per heavy atom. The first-order valence-electron chi connectivity index (χ1n) is 4.95. The molecule has 0 atom stereocenters. The molecule has 0 bridgehead atoms. The van der Waals surface area contributed by atoms with Crippen molar-refractivity contribution in [3.05, 3.63) is 11.5 Å². The van der Waals surface area contributed by atoms with Crippen molar-refractivity contribution in [1.82, 2.24) is 14.9 Å². The minimum Gasteiger partial charge on any atom is -0.353 e. The van der Waals surface area contributed by atoms with Crippen molar-refractivity contribution in [2.75, 3.05) is 38.1 Å². The molecule has 1 aliphatic heterocycles. The van der Waals surface area contributed by atoms with E-state index in [9.17, 15) is 0 Å². The number of likely N-dealkylation sites (N-methyl/N-ethyl adjacent to an activating group) is 1. The average molecular weight is 279 g/mol. The fraction of sp³-hybridized carbons (Fsp3) is 0.556. The van der Waals surface area contributed by atoms with Gasteiger partial charge in [-0.3, -0.25) is 0 Å². The zero-order chi connectivity index (χ0) is 11.5. The molecule has 0 unspecified atom stereocenters. The Labute approximate surface area is 108 Å². The van der Waals surface area contributed by atoms with Crippen molar-refractivity contribution in [1.29, 1.82) is 0 Å². The van der Waals surface area contributed by atoms with E-state index in [0.29, 0.717) is 5.15 Å². The van der Waals surface area contributed by atoms with E-state index in [-0.39, 0.29) is 0 Å². The second kappa shape index (κ2) is 5.40. The van der Waals surface area contributed by atoms with Gasteiger partial charge in [0.15, 0.2) is 0 Å². The van der Waals surface area contributed by atoms with Crippen molar-refractivity contribution < 1.29 is 0 Å². The van der Waals surface area contributed by atoms with Gasteiger partial charge >= 0.3 is 0 Å². The van der Waals surface area contributed by atoms with Gasteiger partial charge in [0.05, 0.1) is 0 Å². The molecule has 0 amide bonds. The molecule has 16 heavy (non-hydrogen) atoms. The maximum Gasteiger partial charge on any atom is 0.149 e. The highest BCUT2D eigenvalue weighted by molar-refractivity contribution is 8.21. The summed E-state index contributed by atoms with van der Waals surface area (Å²) in [6.45, 7) is 3.92. The first-order valence-corrected chi connectivity index (χ1v) is 6.97. The summed E-state index contributed by atoms with van der Waals surface area (Å²) < 4.78 is 0. The second-order valence-corrected chi connectivity index (χ2v) is 5.07. The summed E-state index contributed by atoms with van der Waals surface area (Å²) in [4.78, 5) is 13.4. The number of anilines is 1. The van der Waals surface area contributed by atoms with Gasteiger partial charge in [0.1, 0.15) is 22.2 Å². The van der Waals surface area contributed by atoms with E-state index in [1.165, 1.54) is 6.33 Å². The van der Waals surface area contributed by atoms with E-state index < -0.39 is 0 Å². The Hall–Kier alpha value is -0.230. The summed E-state index contributed by atoms with van der Waals surface area (Å²) in [5, 5.41) is 0.420. The van der Waals surface area contributed by atoms with E-state index in [0.717, 1.165) is 47.9 Å². The molecular formula is C9H12Cl2N4S. The molecule has 2 rings (SSSR count). The molecule has 1 saturated heterocycles. The Balaban J connectivity index is 2.23. The van der Waals surface area contributed by atoms with Gasteiger partial charge in [0.2, 0.25) is 0 Å².